The summed E-state index contributed by atoms with van der Waals surface area (Å²) in [6, 6.07) is 15.2. The molecule has 0 saturated carbocycles. The van der Waals surface area contributed by atoms with Gasteiger partial charge in [-0.3, -0.25) is 24.0 Å². The van der Waals surface area contributed by atoms with E-state index in [1.54, 1.807) is 50.2 Å². The fourth-order valence-corrected chi connectivity index (χ4v) is 8.82. The van der Waals surface area contributed by atoms with Crippen molar-refractivity contribution in [1.82, 2.24) is 36.1 Å². The van der Waals surface area contributed by atoms with Crippen LogP contribution in [0.15, 0.2) is 60.7 Å². The van der Waals surface area contributed by atoms with E-state index in [0.717, 1.165) is 5.56 Å². The Hall–Kier alpha value is -6.72. The van der Waals surface area contributed by atoms with Crippen LogP contribution in [0, 0.1) is 25.2 Å². The van der Waals surface area contributed by atoms with Gasteiger partial charge in [0.15, 0.2) is 5.82 Å². The van der Waals surface area contributed by atoms with Gasteiger partial charge in [0.05, 0.1) is 31.1 Å². The summed E-state index contributed by atoms with van der Waals surface area (Å²) in [7, 11) is -0.118. The standard InChI is InChI=1S/C47H61N11O7Si/c1-27-40(28(2)54-42(53-27)31-9-12-33(13-10-31)66(5,6)7)45(61)56-36(16-17-48)47(63)58(4)41-32-11-15-39(65-23-20-51)35(26-32)34-24-30(8-14-38(34)64-22-19-50)25-37(44(60)52-21-18-49)57-43(59)29(3)55-46(41)62/h8-15,24,26,29,36-37,41H,16-17,19-23,25,48,50-51H2,1-7H3,(H,52,60)(H,55,62)(H,56,61)(H,57,59)/t29-,36-,37-,41-/m0/s1. The first-order chi connectivity index (χ1) is 31.4. The number of carbonyl (C=O) groups is 5. The first-order valence-corrected chi connectivity index (χ1v) is 25.3. The van der Waals surface area contributed by atoms with Gasteiger partial charge < -0.3 is 52.8 Å². The lowest BCUT2D eigenvalue weighted by molar-refractivity contribution is -0.141. The molecule has 0 aliphatic carbocycles. The molecule has 350 valence electrons. The maximum atomic E-state index is 14.7. The Morgan fingerprint density at radius 3 is 2.06 bits per heavy atom. The lowest BCUT2D eigenvalue weighted by Crippen LogP contribution is -2.56. The predicted octanol–water partition coefficient (Wildman–Crippen LogP) is 1.48. The number of aryl methyl sites for hydroxylation is 2. The fourth-order valence-electron chi connectivity index (χ4n) is 7.65. The molecule has 0 unspecified atom stereocenters. The number of hydrogen-bond acceptors (Lipinski definition) is 13. The molecule has 0 fully saturated rings. The number of carbonyl (C=O) groups excluding carboxylic acids is 5. The monoisotopic (exact) mass is 919 g/mol. The average Bonchev–Trinajstić information content (AvgIpc) is 3.28. The number of nitrogens with two attached hydrogens (primary N) is 3. The number of hydrogen-bond donors (Lipinski definition) is 7. The SMILES string of the molecule is Cc1nc(-c2ccc([Si](C)(C)C)cc2)nc(C)c1C(=O)N[C@@H](CCN)C(=O)N(C)[C@@H]1C(=O)N[C@@H](C)C(=O)N[C@H](C(=O)NCC#N)Cc2ccc(OCCN)c(c2)-c2cc1ccc2OCCN. The molecule has 18 nitrogen and oxygen atoms in total. The van der Waals surface area contributed by atoms with Crippen LogP contribution in [0.5, 0.6) is 11.5 Å². The molecule has 10 N–H and O–H groups in total. The quantitative estimate of drug-likeness (QED) is 0.0621. The van der Waals surface area contributed by atoms with Gasteiger partial charge in [0.2, 0.25) is 23.6 Å². The second kappa shape index (κ2) is 22.5. The largest absolute Gasteiger partial charge is 0.492 e. The summed E-state index contributed by atoms with van der Waals surface area (Å²) in [5, 5.41) is 21.2. The highest BCUT2D eigenvalue weighted by molar-refractivity contribution is 6.88. The molecule has 5 rings (SSSR count). The summed E-state index contributed by atoms with van der Waals surface area (Å²) < 4.78 is 12.2. The van der Waals surface area contributed by atoms with E-state index >= 15 is 0 Å². The molecule has 66 heavy (non-hydrogen) atoms. The average molecular weight is 920 g/mol. The number of nitriles is 1. The molecule has 0 saturated heterocycles. The Morgan fingerprint density at radius 2 is 1.48 bits per heavy atom. The third-order valence-electron chi connectivity index (χ3n) is 11.1. The van der Waals surface area contributed by atoms with E-state index < -0.39 is 61.8 Å². The zero-order valence-electron chi connectivity index (χ0n) is 38.6. The van der Waals surface area contributed by atoms with Crippen LogP contribution in [-0.2, 0) is 25.6 Å². The minimum Gasteiger partial charge on any atom is -0.492 e. The Balaban J connectivity index is 1.57. The number of aromatic nitrogens is 2. The van der Waals surface area contributed by atoms with Crippen molar-refractivity contribution in [2.45, 2.75) is 77.4 Å². The molecular formula is C47H61N11O7Si. The Bertz CT molecular complexity index is 2450. The molecule has 0 spiro atoms. The van der Waals surface area contributed by atoms with Gasteiger partial charge in [-0.2, -0.15) is 5.26 Å². The van der Waals surface area contributed by atoms with E-state index in [9.17, 15) is 29.2 Å². The Labute approximate surface area is 386 Å². The maximum absolute atomic E-state index is 14.7. The van der Waals surface area contributed by atoms with Crippen LogP contribution >= 0.6 is 0 Å². The molecule has 4 aromatic rings. The predicted molar refractivity (Wildman–Crippen MR) is 253 cm³/mol. The minimum absolute atomic E-state index is 0.00176. The third-order valence-corrected chi connectivity index (χ3v) is 13.2. The van der Waals surface area contributed by atoms with Gasteiger partial charge in [-0.05, 0) is 69.1 Å². The second-order valence-electron chi connectivity index (χ2n) is 17.1. The Morgan fingerprint density at radius 1 is 0.879 bits per heavy atom. The first kappa shape index (κ1) is 50.3. The summed E-state index contributed by atoms with van der Waals surface area (Å²) in [6.07, 6.45) is 0.00605. The van der Waals surface area contributed by atoms with Crippen LogP contribution in [-0.4, -0.2) is 117 Å². The van der Waals surface area contributed by atoms with Crippen molar-refractivity contribution < 1.29 is 33.4 Å². The van der Waals surface area contributed by atoms with Gasteiger partial charge in [0.1, 0.15) is 55.4 Å². The number of likely N-dealkylation sites (N-methyl/N-ethyl adjacent to an activating group) is 1. The number of rotatable bonds is 16. The molecule has 4 bridgehead atoms. The van der Waals surface area contributed by atoms with Gasteiger partial charge in [-0.15, -0.1) is 0 Å². The normalized spacial score (nSPS) is 16.7. The topological polar surface area (TPSA) is 283 Å². The van der Waals surface area contributed by atoms with E-state index in [4.69, 9.17) is 26.7 Å². The van der Waals surface area contributed by atoms with Crippen molar-refractivity contribution in [3.05, 3.63) is 88.7 Å². The molecule has 3 aromatic carbocycles. The van der Waals surface area contributed by atoms with E-state index in [0.29, 0.717) is 51.0 Å². The number of fused-ring (bicyclic) bond motifs is 5. The number of nitrogens with one attached hydrogen (secondary N) is 4. The van der Waals surface area contributed by atoms with Crippen molar-refractivity contribution in [3.8, 4) is 40.1 Å². The van der Waals surface area contributed by atoms with E-state index in [2.05, 4.69) is 63.0 Å². The maximum Gasteiger partial charge on any atom is 0.255 e. The van der Waals surface area contributed by atoms with Crippen LogP contribution in [0.2, 0.25) is 19.6 Å². The fraction of sp³-hybridized carbons (Fsp3) is 0.404. The summed E-state index contributed by atoms with van der Waals surface area (Å²) in [4.78, 5) is 81.1. The van der Waals surface area contributed by atoms with Crippen LogP contribution in [0.4, 0.5) is 0 Å². The van der Waals surface area contributed by atoms with Crippen molar-refractivity contribution in [2.24, 2.45) is 17.2 Å². The van der Waals surface area contributed by atoms with Gasteiger partial charge in [0.25, 0.3) is 5.91 Å². The smallest absolute Gasteiger partial charge is 0.255 e. The van der Waals surface area contributed by atoms with Crippen LogP contribution in [0.3, 0.4) is 0 Å². The summed E-state index contributed by atoms with van der Waals surface area (Å²) >= 11 is 0. The van der Waals surface area contributed by atoms with Crippen molar-refractivity contribution in [3.63, 3.8) is 0 Å². The number of ether oxygens (including phenoxy) is 2. The summed E-state index contributed by atoms with van der Waals surface area (Å²) in [5.74, 6) is -2.10. The highest BCUT2D eigenvalue weighted by Crippen LogP contribution is 2.40. The third kappa shape index (κ3) is 12.1. The van der Waals surface area contributed by atoms with Crippen molar-refractivity contribution in [2.75, 3.05) is 46.4 Å². The van der Waals surface area contributed by atoms with Crippen LogP contribution in [0.1, 0.15) is 52.3 Å². The molecule has 4 atom stereocenters. The second-order valence-corrected chi connectivity index (χ2v) is 22.2. The van der Waals surface area contributed by atoms with Gasteiger partial charge >= 0.3 is 0 Å². The van der Waals surface area contributed by atoms with E-state index in [1.807, 2.05) is 18.2 Å². The highest BCUT2D eigenvalue weighted by atomic mass is 28.3. The van der Waals surface area contributed by atoms with Gasteiger partial charge in [-0.25, -0.2) is 9.97 Å². The summed E-state index contributed by atoms with van der Waals surface area (Å²) in [6.45, 7) is 12.0. The molecule has 0 radical (unpaired) electrons. The Kier molecular flexibility index (Phi) is 17.1. The molecular weight excluding hydrogens is 859 g/mol. The van der Waals surface area contributed by atoms with Crippen LogP contribution < -0.4 is 53.1 Å². The molecule has 5 amide bonds. The molecule has 19 heteroatoms. The van der Waals surface area contributed by atoms with Crippen molar-refractivity contribution in [1.29, 1.82) is 5.26 Å². The van der Waals surface area contributed by atoms with Crippen LogP contribution in [0.25, 0.3) is 22.5 Å². The highest BCUT2D eigenvalue weighted by Gasteiger charge is 2.36. The van der Waals surface area contributed by atoms with Gasteiger partial charge in [0, 0.05) is 43.2 Å². The van der Waals surface area contributed by atoms with E-state index in [1.165, 1.54) is 24.1 Å². The molecule has 1 aromatic heterocycles. The molecule has 2 heterocycles. The summed E-state index contributed by atoms with van der Waals surface area (Å²) in [5.41, 5.74) is 21.4. The number of amides is 5. The van der Waals surface area contributed by atoms with Gasteiger partial charge in [-0.1, -0.05) is 61.2 Å². The number of nitrogens with zero attached hydrogens (tertiary/aromatic N) is 4. The zero-order chi connectivity index (χ0) is 48.3. The first-order valence-electron chi connectivity index (χ1n) is 21.8. The minimum atomic E-state index is -1.54. The molecule has 1 aliphatic heterocycles. The zero-order valence-corrected chi connectivity index (χ0v) is 39.6. The van der Waals surface area contributed by atoms with Crippen molar-refractivity contribution >= 4 is 42.8 Å². The lowest BCUT2D eigenvalue weighted by atomic mass is 9.93. The number of benzene rings is 3. The lowest BCUT2D eigenvalue weighted by Gasteiger charge is -2.32. The molecule has 1 aliphatic rings. The van der Waals surface area contributed by atoms with E-state index in [-0.39, 0.29) is 57.8 Å².